The predicted octanol–water partition coefficient (Wildman–Crippen LogP) is 2.61. The van der Waals surface area contributed by atoms with Gasteiger partial charge in [-0.25, -0.2) is 4.39 Å². The fourth-order valence-electron chi connectivity index (χ4n) is 3.05. The number of pyridine rings is 1. The summed E-state index contributed by atoms with van der Waals surface area (Å²) in [7, 11) is 0. The first-order valence-corrected chi connectivity index (χ1v) is 8.39. The van der Waals surface area contributed by atoms with Gasteiger partial charge in [0.25, 0.3) is 5.91 Å². The summed E-state index contributed by atoms with van der Waals surface area (Å²) in [5.41, 5.74) is 1.47. The third kappa shape index (κ3) is 4.17. The molecule has 1 aromatic carbocycles. The van der Waals surface area contributed by atoms with E-state index in [1.54, 1.807) is 30.6 Å². The molecule has 1 aromatic heterocycles. The third-order valence-electron chi connectivity index (χ3n) is 4.47. The highest BCUT2D eigenvalue weighted by Crippen LogP contribution is 2.11. The van der Waals surface area contributed by atoms with Crippen molar-refractivity contribution in [2.45, 2.75) is 12.8 Å². The van der Waals surface area contributed by atoms with Crippen LogP contribution in [0, 0.1) is 5.82 Å². The molecule has 24 heavy (non-hydrogen) atoms. The first-order valence-electron chi connectivity index (χ1n) is 8.39. The highest BCUT2D eigenvalue weighted by molar-refractivity contribution is 5.94. The molecule has 1 aliphatic rings. The molecule has 0 unspecified atom stereocenters. The fourth-order valence-corrected chi connectivity index (χ4v) is 3.05. The largest absolute Gasteiger partial charge is 0.336 e. The van der Waals surface area contributed by atoms with Crippen LogP contribution in [0.2, 0.25) is 0 Å². The Bertz CT molecular complexity index is 669. The SMILES string of the molecule is O=C(c1ccncc1)N1CCN(CCCc2ccccc2F)CC1. The molecule has 0 N–H and O–H groups in total. The first kappa shape index (κ1) is 16.6. The molecule has 0 radical (unpaired) electrons. The molecule has 5 heteroatoms. The Morgan fingerprint density at radius 2 is 1.75 bits per heavy atom. The van der Waals surface area contributed by atoms with Crippen LogP contribution < -0.4 is 0 Å². The van der Waals surface area contributed by atoms with Gasteiger partial charge >= 0.3 is 0 Å². The molecule has 0 bridgehead atoms. The van der Waals surface area contributed by atoms with E-state index in [2.05, 4.69) is 9.88 Å². The molecule has 0 atom stereocenters. The van der Waals surface area contributed by atoms with Gasteiger partial charge in [-0.2, -0.15) is 0 Å². The molecule has 1 saturated heterocycles. The number of aryl methyl sites for hydroxylation is 1. The second-order valence-corrected chi connectivity index (χ2v) is 6.06. The van der Waals surface area contributed by atoms with E-state index in [1.165, 1.54) is 6.07 Å². The van der Waals surface area contributed by atoms with Gasteiger partial charge < -0.3 is 4.90 Å². The van der Waals surface area contributed by atoms with Gasteiger partial charge in [0.1, 0.15) is 5.82 Å². The number of carbonyl (C=O) groups excluding carboxylic acids is 1. The van der Waals surface area contributed by atoms with Crippen molar-refractivity contribution in [1.82, 2.24) is 14.8 Å². The van der Waals surface area contributed by atoms with Gasteiger partial charge in [-0.1, -0.05) is 18.2 Å². The van der Waals surface area contributed by atoms with Crippen LogP contribution in [0.25, 0.3) is 0 Å². The second-order valence-electron chi connectivity index (χ2n) is 6.06. The molecular formula is C19H22FN3O. The zero-order chi connectivity index (χ0) is 16.8. The van der Waals surface area contributed by atoms with Gasteiger partial charge in [0, 0.05) is 44.1 Å². The average molecular weight is 327 g/mol. The summed E-state index contributed by atoms with van der Waals surface area (Å²) in [6.07, 6.45) is 4.97. The second kappa shape index (κ2) is 8.02. The lowest BCUT2D eigenvalue weighted by atomic mass is 10.1. The maximum atomic E-state index is 13.6. The summed E-state index contributed by atoms with van der Waals surface area (Å²) >= 11 is 0. The van der Waals surface area contributed by atoms with E-state index in [4.69, 9.17) is 0 Å². The number of carbonyl (C=O) groups is 1. The van der Waals surface area contributed by atoms with Crippen LogP contribution in [-0.2, 0) is 6.42 Å². The van der Waals surface area contributed by atoms with Crippen LogP contribution in [0.15, 0.2) is 48.8 Å². The van der Waals surface area contributed by atoms with Gasteiger partial charge in [-0.15, -0.1) is 0 Å². The monoisotopic (exact) mass is 327 g/mol. The van der Waals surface area contributed by atoms with Crippen LogP contribution in [0.1, 0.15) is 22.3 Å². The molecule has 1 aliphatic heterocycles. The average Bonchev–Trinajstić information content (AvgIpc) is 2.64. The summed E-state index contributed by atoms with van der Waals surface area (Å²) < 4.78 is 13.6. The quantitative estimate of drug-likeness (QED) is 0.847. The van der Waals surface area contributed by atoms with Crippen molar-refractivity contribution in [2.24, 2.45) is 0 Å². The Morgan fingerprint density at radius 1 is 1.04 bits per heavy atom. The van der Waals surface area contributed by atoms with E-state index in [1.807, 2.05) is 17.0 Å². The zero-order valence-corrected chi connectivity index (χ0v) is 13.7. The van der Waals surface area contributed by atoms with E-state index >= 15 is 0 Å². The molecule has 2 heterocycles. The first-order chi connectivity index (χ1) is 11.7. The number of aromatic nitrogens is 1. The van der Waals surface area contributed by atoms with Crippen LogP contribution in [0.5, 0.6) is 0 Å². The topological polar surface area (TPSA) is 36.4 Å². The standard InChI is InChI=1S/C19H22FN3O/c20-18-6-2-1-4-16(18)5-3-11-22-12-14-23(15-13-22)19(24)17-7-9-21-10-8-17/h1-2,4,6-10H,3,5,11-15H2. The van der Waals surface area contributed by atoms with Gasteiger partial charge in [-0.05, 0) is 43.1 Å². The number of amides is 1. The summed E-state index contributed by atoms with van der Waals surface area (Å²) in [5, 5.41) is 0. The number of piperazine rings is 1. The van der Waals surface area contributed by atoms with Crippen LogP contribution in [0.4, 0.5) is 4.39 Å². The minimum atomic E-state index is -0.120. The van der Waals surface area contributed by atoms with Crippen molar-refractivity contribution < 1.29 is 9.18 Å². The zero-order valence-electron chi connectivity index (χ0n) is 13.7. The van der Waals surface area contributed by atoms with Gasteiger partial charge in [0.2, 0.25) is 0 Å². The van der Waals surface area contributed by atoms with Crippen molar-refractivity contribution in [3.8, 4) is 0 Å². The smallest absolute Gasteiger partial charge is 0.254 e. The molecule has 1 fully saturated rings. The van der Waals surface area contributed by atoms with Crippen LogP contribution in [-0.4, -0.2) is 53.4 Å². The maximum absolute atomic E-state index is 13.6. The molecular weight excluding hydrogens is 305 g/mol. The molecule has 0 aliphatic carbocycles. The van der Waals surface area contributed by atoms with E-state index in [0.717, 1.165) is 51.1 Å². The van der Waals surface area contributed by atoms with E-state index in [9.17, 15) is 9.18 Å². The number of hydrogen-bond acceptors (Lipinski definition) is 3. The summed E-state index contributed by atoms with van der Waals surface area (Å²) in [4.78, 5) is 20.6. The molecule has 126 valence electrons. The minimum Gasteiger partial charge on any atom is -0.336 e. The van der Waals surface area contributed by atoms with Crippen molar-refractivity contribution in [2.75, 3.05) is 32.7 Å². The third-order valence-corrected chi connectivity index (χ3v) is 4.47. The number of nitrogens with zero attached hydrogens (tertiary/aromatic N) is 3. The molecule has 1 amide bonds. The molecule has 2 aromatic rings. The van der Waals surface area contributed by atoms with Crippen LogP contribution >= 0.6 is 0 Å². The Labute approximate surface area is 141 Å². The Hall–Kier alpha value is -2.27. The number of hydrogen-bond donors (Lipinski definition) is 0. The Kier molecular flexibility index (Phi) is 5.54. The molecule has 0 saturated carbocycles. The van der Waals surface area contributed by atoms with Crippen molar-refractivity contribution >= 4 is 5.91 Å². The van der Waals surface area contributed by atoms with Crippen molar-refractivity contribution in [3.63, 3.8) is 0 Å². The molecule has 4 nitrogen and oxygen atoms in total. The van der Waals surface area contributed by atoms with Crippen molar-refractivity contribution in [1.29, 1.82) is 0 Å². The minimum absolute atomic E-state index is 0.0726. The van der Waals surface area contributed by atoms with Gasteiger partial charge in [-0.3, -0.25) is 14.7 Å². The summed E-state index contributed by atoms with van der Waals surface area (Å²) in [5.74, 6) is -0.0475. The van der Waals surface area contributed by atoms with E-state index < -0.39 is 0 Å². The lowest BCUT2D eigenvalue weighted by Crippen LogP contribution is -2.48. The molecule has 0 spiro atoms. The lowest BCUT2D eigenvalue weighted by molar-refractivity contribution is 0.0636. The van der Waals surface area contributed by atoms with Crippen molar-refractivity contribution in [3.05, 3.63) is 65.7 Å². The predicted molar refractivity (Wildman–Crippen MR) is 91.3 cm³/mol. The summed E-state index contributed by atoms with van der Waals surface area (Å²) in [6.45, 7) is 4.15. The van der Waals surface area contributed by atoms with E-state index in [0.29, 0.717) is 5.56 Å². The maximum Gasteiger partial charge on any atom is 0.254 e. The highest BCUT2D eigenvalue weighted by Gasteiger charge is 2.21. The van der Waals surface area contributed by atoms with Gasteiger partial charge in [0.05, 0.1) is 0 Å². The number of rotatable bonds is 5. The number of halogens is 1. The Morgan fingerprint density at radius 3 is 2.46 bits per heavy atom. The number of benzene rings is 1. The Balaban J connectivity index is 1.42. The highest BCUT2D eigenvalue weighted by atomic mass is 19.1. The van der Waals surface area contributed by atoms with E-state index in [-0.39, 0.29) is 11.7 Å². The van der Waals surface area contributed by atoms with Gasteiger partial charge in [0.15, 0.2) is 0 Å². The fraction of sp³-hybridized carbons (Fsp3) is 0.368. The summed E-state index contributed by atoms with van der Waals surface area (Å²) in [6, 6.07) is 10.5. The van der Waals surface area contributed by atoms with Crippen LogP contribution in [0.3, 0.4) is 0 Å². The molecule has 3 rings (SSSR count). The normalized spacial score (nSPS) is 15.5. The lowest BCUT2D eigenvalue weighted by Gasteiger charge is -2.34.